The standard InChI is InChI=1S/C23H24N2O6/c1-15(2)31-13-7-12-24-20(17-10-6-11-18(14-17)25(29)30)19(22(27)23(24)28)21(26)16-8-4-3-5-9-16/h3-6,8-11,14-15,20,26H,7,12-13H2,1-2H3/t20-/m1/s1. The van der Waals surface area contributed by atoms with Gasteiger partial charge in [-0.1, -0.05) is 42.5 Å². The van der Waals surface area contributed by atoms with Crippen molar-refractivity contribution in [3.63, 3.8) is 0 Å². The topological polar surface area (TPSA) is 110 Å². The molecule has 2 aromatic carbocycles. The summed E-state index contributed by atoms with van der Waals surface area (Å²) in [5.74, 6) is -1.88. The molecule has 3 rings (SSSR count). The van der Waals surface area contributed by atoms with Gasteiger partial charge in [0.05, 0.1) is 22.6 Å². The SMILES string of the molecule is CC(C)OCCCN1C(=O)C(=O)C(=C(O)c2ccccc2)[C@H]1c1cccc([N+](=O)[O-])c1. The molecule has 1 atom stereocenters. The van der Waals surface area contributed by atoms with E-state index in [9.17, 15) is 24.8 Å². The molecule has 162 valence electrons. The van der Waals surface area contributed by atoms with Gasteiger partial charge in [-0.15, -0.1) is 0 Å². The van der Waals surface area contributed by atoms with Crippen molar-refractivity contribution in [3.8, 4) is 0 Å². The molecule has 0 spiro atoms. The average molecular weight is 424 g/mol. The van der Waals surface area contributed by atoms with Crippen LogP contribution in [0.15, 0.2) is 60.2 Å². The molecular formula is C23H24N2O6. The van der Waals surface area contributed by atoms with Crippen LogP contribution in [-0.2, 0) is 14.3 Å². The highest BCUT2D eigenvalue weighted by molar-refractivity contribution is 6.46. The van der Waals surface area contributed by atoms with E-state index in [2.05, 4.69) is 0 Å². The van der Waals surface area contributed by atoms with E-state index in [1.54, 1.807) is 36.4 Å². The molecule has 2 aromatic rings. The first-order valence-corrected chi connectivity index (χ1v) is 10.0. The number of benzene rings is 2. The highest BCUT2D eigenvalue weighted by atomic mass is 16.6. The zero-order valence-electron chi connectivity index (χ0n) is 17.4. The number of nitro benzene ring substituents is 1. The van der Waals surface area contributed by atoms with E-state index in [1.807, 2.05) is 13.8 Å². The maximum atomic E-state index is 12.9. The molecule has 0 bridgehead atoms. The number of aliphatic hydroxyl groups is 1. The van der Waals surface area contributed by atoms with Crippen molar-refractivity contribution in [2.45, 2.75) is 32.4 Å². The summed E-state index contributed by atoms with van der Waals surface area (Å²) in [7, 11) is 0. The first-order chi connectivity index (χ1) is 14.8. The Morgan fingerprint density at radius 2 is 1.87 bits per heavy atom. The first kappa shape index (κ1) is 22.2. The van der Waals surface area contributed by atoms with Crippen molar-refractivity contribution in [3.05, 3.63) is 81.4 Å². The second-order valence-electron chi connectivity index (χ2n) is 7.48. The van der Waals surface area contributed by atoms with Gasteiger partial charge in [-0.3, -0.25) is 19.7 Å². The quantitative estimate of drug-likeness (QED) is 0.172. The number of non-ortho nitro benzene ring substituents is 1. The highest BCUT2D eigenvalue weighted by Crippen LogP contribution is 2.40. The number of hydrogen-bond donors (Lipinski definition) is 1. The van der Waals surface area contributed by atoms with Gasteiger partial charge in [0.2, 0.25) is 0 Å². The molecule has 0 aromatic heterocycles. The smallest absolute Gasteiger partial charge is 0.295 e. The molecule has 0 aliphatic carbocycles. The Morgan fingerprint density at radius 1 is 1.16 bits per heavy atom. The monoisotopic (exact) mass is 424 g/mol. The van der Waals surface area contributed by atoms with Crippen molar-refractivity contribution >= 4 is 23.1 Å². The second kappa shape index (κ2) is 9.53. The number of nitrogens with zero attached hydrogens (tertiary/aromatic N) is 2. The summed E-state index contributed by atoms with van der Waals surface area (Å²) in [6.07, 6.45) is 0.503. The summed E-state index contributed by atoms with van der Waals surface area (Å²) in [4.78, 5) is 37.8. The summed E-state index contributed by atoms with van der Waals surface area (Å²) in [5.41, 5.74) is 0.530. The fourth-order valence-electron chi connectivity index (χ4n) is 3.57. The van der Waals surface area contributed by atoms with Gasteiger partial charge in [0.1, 0.15) is 5.76 Å². The number of carbonyl (C=O) groups is 2. The largest absolute Gasteiger partial charge is 0.507 e. The minimum atomic E-state index is -0.931. The zero-order valence-corrected chi connectivity index (χ0v) is 17.4. The van der Waals surface area contributed by atoms with Gasteiger partial charge in [0.25, 0.3) is 17.4 Å². The van der Waals surface area contributed by atoms with Crippen LogP contribution in [0.25, 0.3) is 5.76 Å². The van der Waals surface area contributed by atoms with E-state index >= 15 is 0 Å². The molecule has 8 nitrogen and oxygen atoms in total. The summed E-state index contributed by atoms with van der Waals surface area (Å²) < 4.78 is 5.53. The number of carbonyl (C=O) groups excluding carboxylic acids is 2. The fraction of sp³-hybridized carbons (Fsp3) is 0.304. The van der Waals surface area contributed by atoms with Gasteiger partial charge in [0, 0.05) is 30.8 Å². The molecule has 0 unspecified atom stereocenters. The Bertz CT molecular complexity index is 1020. The number of ketones is 1. The van der Waals surface area contributed by atoms with Crippen LogP contribution in [-0.4, -0.2) is 45.9 Å². The number of Topliss-reactive ketones (excluding diaryl/α,β-unsaturated/α-hetero) is 1. The lowest BCUT2D eigenvalue weighted by molar-refractivity contribution is -0.384. The van der Waals surface area contributed by atoms with Crippen LogP contribution in [0, 0.1) is 10.1 Å². The number of ether oxygens (including phenoxy) is 1. The van der Waals surface area contributed by atoms with E-state index in [-0.39, 0.29) is 29.7 Å². The molecule has 0 saturated carbocycles. The number of rotatable bonds is 8. The number of hydrogen-bond acceptors (Lipinski definition) is 6. The van der Waals surface area contributed by atoms with E-state index in [1.165, 1.54) is 23.1 Å². The molecule has 8 heteroatoms. The van der Waals surface area contributed by atoms with E-state index < -0.39 is 22.7 Å². The van der Waals surface area contributed by atoms with E-state index in [0.717, 1.165) is 0 Å². The third-order valence-corrected chi connectivity index (χ3v) is 4.98. The molecule has 1 fully saturated rings. The van der Waals surface area contributed by atoms with Crippen LogP contribution in [0.1, 0.15) is 37.4 Å². The molecule has 31 heavy (non-hydrogen) atoms. The number of likely N-dealkylation sites (tertiary alicyclic amines) is 1. The first-order valence-electron chi connectivity index (χ1n) is 10.0. The fourth-order valence-corrected chi connectivity index (χ4v) is 3.57. The Labute approximate surface area is 179 Å². The Kier molecular flexibility index (Phi) is 6.81. The summed E-state index contributed by atoms with van der Waals surface area (Å²) in [5, 5.41) is 22.2. The summed E-state index contributed by atoms with van der Waals surface area (Å²) in [6.45, 7) is 4.39. The van der Waals surface area contributed by atoms with Gasteiger partial charge in [-0.2, -0.15) is 0 Å². The molecule has 1 aliphatic heterocycles. The average Bonchev–Trinajstić information content (AvgIpc) is 3.01. The lowest BCUT2D eigenvalue weighted by Gasteiger charge is -2.25. The zero-order chi connectivity index (χ0) is 22.5. The molecule has 1 aliphatic rings. The minimum absolute atomic E-state index is 0.0288. The summed E-state index contributed by atoms with van der Waals surface area (Å²) >= 11 is 0. The van der Waals surface area contributed by atoms with Gasteiger partial charge in [0.15, 0.2) is 0 Å². The molecule has 1 N–H and O–H groups in total. The lowest BCUT2D eigenvalue weighted by Crippen LogP contribution is -2.31. The number of amides is 1. The predicted molar refractivity (Wildman–Crippen MR) is 114 cm³/mol. The van der Waals surface area contributed by atoms with Gasteiger partial charge >= 0.3 is 0 Å². The maximum Gasteiger partial charge on any atom is 0.295 e. The lowest BCUT2D eigenvalue weighted by atomic mass is 9.95. The normalized spacial score (nSPS) is 18.0. The second-order valence-corrected chi connectivity index (χ2v) is 7.48. The molecule has 1 heterocycles. The molecular weight excluding hydrogens is 400 g/mol. The Morgan fingerprint density at radius 3 is 2.52 bits per heavy atom. The van der Waals surface area contributed by atoms with Crippen molar-refractivity contribution in [1.29, 1.82) is 0 Å². The molecule has 1 amide bonds. The highest BCUT2D eigenvalue weighted by Gasteiger charge is 2.46. The van der Waals surface area contributed by atoms with Crippen molar-refractivity contribution in [1.82, 2.24) is 4.90 Å². The maximum absolute atomic E-state index is 12.9. The van der Waals surface area contributed by atoms with E-state index in [4.69, 9.17) is 4.74 Å². The van der Waals surface area contributed by atoms with E-state index in [0.29, 0.717) is 24.2 Å². The predicted octanol–water partition coefficient (Wildman–Crippen LogP) is 3.83. The Balaban J connectivity index is 2.06. The van der Waals surface area contributed by atoms with Crippen LogP contribution < -0.4 is 0 Å². The van der Waals surface area contributed by atoms with Crippen molar-refractivity contribution in [2.75, 3.05) is 13.2 Å². The summed E-state index contributed by atoms with van der Waals surface area (Å²) in [6, 6.07) is 13.3. The van der Waals surface area contributed by atoms with Crippen LogP contribution in [0.2, 0.25) is 0 Å². The number of nitro groups is 1. The van der Waals surface area contributed by atoms with Crippen LogP contribution in [0.4, 0.5) is 5.69 Å². The Hall–Kier alpha value is -3.52. The van der Waals surface area contributed by atoms with Crippen LogP contribution in [0.5, 0.6) is 0 Å². The van der Waals surface area contributed by atoms with Crippen molar-refractivity contribution in [2.24, 2.45) is 0 Å². The van der Waals surface area contributed by atoms with Crippen LogP contribution >= 0.6 is 0 Å². The van der Waals surface area contributed by atoms with Gasteiger partial charge in [-0.25, -0.2) is 0 Å². The molecule has 0 radical (unpaired) electrons. The van der Waals surface area contributed by atoms with Crippen molar-refractivity contribution < 1.29 is 24.4 Å². The van der Waals surface area contributed by atoms with Crippen LogP contribution in [0.3, 0.4) is 0 Å². The third-order valence-electron chi connectivity index (χ3n) is 4.98. The molecule has 1 saturated heterocycles. The minimum Gasteiger partial charge on any atom is -0.507 e. The van der Waals surface area contributed by atoms with Gasteiger partial charge in [-0.05, 0) is 25.8 Å². The third kappa shape index (κ3) is 4.80. The number of aliphatic hydroxyl groups excluding tert-OH is 1. The van der Waals surface area contributed by atoms with Gasteiger partial charge < -0.3 is 14.7 Å².